The van der Waals surface area contributed by atoms with Crippen LogP contribution in [0, 0.1) is 0 Å². The molecule has 2 N–H and O–H groups in total. The third-order valence-electron chi connectivity index (χ3n) is 3.31. The van der Waals surface area contributed by atoms with Crippen molar-refractivity contribution in [1.82, 2.24) is 4.57 Å². The molecule has 104 valence electrons. The molecule has 0 fully saturated rings. The SMILES string of the molecule is CCn1c(-c2ccccc2)cc2cc(N)ccc21.CI. The van der Waals surface area contributed by atoms with Crippen LogP contribution in [-0.2, 0) is 6.54 Å². The molecule has 0 amide bonds. The van der Waals surface area contributed by atoms with E-state index < -0.39 is 0 Å². The molecule has 2 aromatic carbocycles. The highest BCUT2D eigenvalue weighted by atomic mass is 127. The van der Waals surface area contributed by atoms with Gasteiger partial charge < -0.3 is 10.3 Å². The number of anilines is 1. The van der Waals surface area contributed by atoms with Gasteiger partial charge in [0.05, 0.1) is 0 Å². The summed E-state index contributed by atoms with van der Waals surface area (Å²) in [6, 6.07) is 18.8. The average molecular weight is 378 g/mol. The Balaban J connectivity index is 0.000000704. The Morgan fingerprint density at radius 1 is 1.00 bits per heavy atom. The van der Waals surface area contributed by atoms with Crippen LogP contribution in [0.1, 0.15) is 6.92 Å². The molecule has 0 aliphatic rings. The van der Waals surface area contributed by atoms with Gasteiger partial charge in [0.2, 0.25) is 0 Å². The van der Waals surface area contributed by atoms with E-state index in [1.807, 2.05) is 23.1 Å². The maximum atomic E-state index is 5.85. The summed E-state index contributed by atoms with van der Waals surface area (Å²) in [5.41, 5.74) is 10.4. The highest BCUT2D eigenvalue weighted by Gasteiger charge is 2.09. The minimum Gasteiger partial charge on any atom is -0.399 e. The number of hydrogen-bond donors (Lipinski definition) is 1. The Bertz CT molecular complexity index is 687. The maximum absolute atomic E-state index is 5.85. The summed E-state index contributed by atoms with van der Waals surface area (Å²) >= 11 is 2.15. The molecular formula is C17H19IN2. The molecule has 0 aliphatic carbocycles. The van der Waals surface area contributed by atoms with Crippen LogP contribution in [0.25, 0.3) is 22.2 Å². The molecule has 0 aliphatic heterocycles. The maximum Gasteiger partial charge on any atom is 0.0491 e. The van der Waals surface area contributed by atoms with E-state index in [-0.39, 0.29) is 0 Å². The zero-order valence-corrected chi connectivity index (χ0v) is 14.0. The van der Waals surface area contributed by atoms with E-state index in [0.29, 0.717) is 0 Å². The largest absolute Gasteiger partial charge is 0.399 e. The average Bonchev–Trinajstić information content (AvgIpc) is 2.87. The minimum absolute atomic E-state index is 0.815. The first kappa shape index (κ1) is 14.9. The van der Waals surface area contributed by atoms with Gasteiger partial charge in [0.15, 0.2) is 0 Å². The van der Waals surface area contributed by atoms with Gasteiger partial charge in [0, 0.05) is 28.8 Å². The van der Waals surface area contributed by atoms with Crippen molar-refractivity contribution in [3.63, 3.8) is 0 Å². The van der Waals surface area contributed by atoms with Crippen molar-refractivity contribution >= 4 is 39.2 Å². The molecule has 1 aromatic heterocycles. The number of benzene rings is 2. The lowest BCUT2D eigenvalue weighted by atomic mass is 10.1. The van der Waals surface area contributed by atoms with Crippen LogP contribution in [0.5, 0.6) is 0 Å². The fraction of sp³-hybridized carbons (Fsp3) is 0.176. The third-order valence-corrected chi connectivity index (χ3v) is 3.31. The van der Waals surface area contributed by atoms with Crippen molar-refractivity contribution in [3.8, 4) is 11.3 Å². The number of nitrogens with zero attached hydrogens (tertiary/aromatic N) is 1. The zero-order chi connectivity index (χ0) is 14.5. The number of hydrogen-bond acceptors (Lipinski definition) is 1. The summed E-state index contributed by atoms with van der Waals surface area (Å²) in [5, 5.41) is 1.20. The number of aromatic nitrogens is 1. The number of rotatable bonds is 2. The second-order valence-corrected chi connectivity index (χ2v) is 4.46. The standard InChI is InChI=1S/C16H16N2.CH3I/c1-2-18-15-9-8-14(17)10-13(15)11-16(18)12-6-4-3-5-7-12;1-2/h3-11H,2,17H2,1H3;1H3. The summed E-state index contributed by atoms with van der Waals surface area (Å²) < 4.78 is 2.32. The highest BCUT2D eigenvalue weighted by molar-refractivity contribution is 14.1. The van der Waals surface area contributed by atoms with Gasteiger partial charge in [0.1, 0.15) is 0 Å². The summed E-state index contributed by atoms with van der Waals surface area (Å²) in [4.78, 5) is 1.97. The first-order valence-electron chi connectivity index (χ1n) is 6.61. The van der Waals surface area contributed by atoms with Gasteiger partial charge in [-0.3, -0.25) is 0 Å². The van der Waals surface area contributed by atoms with Gasteiger partial charge in [-0.25, -0.2) is 0 Å². The molecule has 0 atom stereocenters. The van der Waals surface area contributed by atoms with Crippen LogP contribution in [0.3, 0.4) is 0 Å². The number of fused-ring (bicyclic) bond motifs is 1. The topological polar surface area (TPSA) is 30.9 Å². The summed E-state index contributed by atoms with van der Waals surface area (Å²) in [6.07, 6.45) is 0. The summed E-state index contributed by atoms with van der Waals surface area (Å²) in [5.74, 6) is 0. The van der Waals surface area contributed by atoms with E-state index in [2.05, 4.69) is 70.5 Å². The van der Waals surface area contributed by atoms with E-state index in [9.17, 15) is 0 Å². The Kier molecular flexibility index (Phi) is 5.06. The van der Waals surface area contributed by atoms with Gasteiger partial charge in [-0.2, -0.15) is 0 Å². The first-order chi connectivity index (χ1) is 9.79. The smallest absolute Gasteiger partial charge is 0.0491 e. The monoisotopic (exact) mass is 378 g/mol. The molecular weight excluding hydrogens is 359 g/mol. The van der Waals surface area contributed by atoms with Crippen LogP contribution in [0.4, 0.5) is 5.69 Å². The first-order valence-corrected chi connectivity index (χ1v) is 8.77. The Morgan fingerprint density at radius 3 is 2.35 bits per heavy atom. The molecule has 3 aromatic rings. The fourth-order valence-corrected chi connectivity index (χ4v) is 2.48. The van der Waals surface area contributed by atoms with Gasteiger partial charge in [-0.15, -0.1) is 0 Å². The molecule has 0 radical (unpaired) electrons. The fourth-order valence-electron chi connectivity index (χ4n) is 2.48. The Morgan fingerprint density at radius 2 is 1.70 bits per heavy atom. The molecule has 3 rings (SSSR count). The van der Waals surface area contributed by atoms with E-state index >= 15 is 0 Å². The predicted octanol–water partition coefficient (Wildman–Crippen LogP) is 4.96. The molecule has 2 nitrogen and oxygen atoms in total. The lowest BCUT2D eigenvalue weighted by molar-refractivity contribution is 0.805. The number of nitrogens with two attached hydrogens (primary N) is 1. The van der Waals surface area contributed by atoms with Crippen molar-refractivity contribution in [3.05, 3.63) is 54.6 Å². The van der Waals surface area contributed by atoms with E-state index in [4.69, 9.17) is 5.73 Å². The van der Waals surface area contributed by atoms with E-state index in [0.717, 1.165) is 12.2 Å². The number of halogens is 1. The van der Waals surface area contributed by atoms with Crippen molar-refractivity contribution in [2.45, 2.75) is 13.5 Å². The normalized spacial score (nSPS) is 10.2. The van der Waals surface area contributed by atoms with Crippen LogP contribution in [0.15, 0.2) is 54.6 Å². The molecule has 20 heavy (non-hydrogen) atoms. The number of nitrogen functional groups attached to an aromatic ring is 1. The van der Waals surface area contributed by atoms with Crippen molar-refractivity contribution in [2.24, 2.45) is 0 Å². The molecule has 0 unspecified atom stereocenters. The van der Waals surface area contributed by atoms with Crippen molar-refractivity contribution in [1.29, 1.82) is 0 Å². The highest BCUT2D eigenvalue weighted by Crippen LogP contribution is 2.29. The number of alkyl halides is 1. The second-order valence-electron chi connectivity index (χ2n) is 4.46. The second kappa shape index (κ2) is 6.79. The van der Waals surface area contributed by atoms with E-state index in [1.165, 1.54) is 22.2 Å². The van der Waals surface area contributed by atoms with Crippen LogP contribution in [-0.4, -0.2) is 9.50 Å². The molecule has 3 heteroatoms. The lowest BCUT2D eigenvalue weighted by Crippen LogP contribution is -1.96. The Hall–Kier alpha value is -1.49. The molecule has 0 bridgehead atoms. The minimum atomic E-state index is 0.815. The summed E-state index contributed by atoms with van der Waals surface area (Å²) in [6.45, 7) is 3.12. The van der Waals surface area contributed by atoms with Crippen LogP contribution in [0.2, 0.25) is 0 Å². The third kappa shape index (κ3) is 2.82. The van der Waals surface area contributed by atoms with Gasteiger partial charge >= 0.3 is 0 Å². The van der Waals surface area contributed by atoms with Gasteiger partial charge in [-0.1, -0.05) is 52.9 Å². The number of aryl methyl sites for hydroxylation is 1. The zero-order valence-electron chi connectivity index (χ0n) is 11.8. The van der Waals surface area contributed by atoms with Crippen LogP contribution < -0.4 is 5.73 Å². The molecule has 1 heterocycles. The predicted molar refractivity (Wildman–Crippen MR) is 97.4 cm³/mol. The van der Waals surface area contributed by atoms with Crippen LogP contribution >= 0.6 is 22.6 Å². The van der Waals surface area contributed by atoms with Gasteiger partial charge in [-0.05, 0) is 41.7 Å². The molecule has 0 spiro atoms. The summed E-state index contributed by atoms with van der Waals surface area (Å²) in [7, 11) is 0. The van der Waals surface area contributed by atoms with Crippen molar-refractivity contribution < 1.29 is 0 Å². The quantitative estimate of drug-likeness (QED) is 0.381. The van der Waals surface area contributed by atoms with E-state index in [1.54, 1.807) is 0 Å². The van der Waals surface area contributed by atoms with Gasteiger partial charge in [0.25, 0.3) is 0 Å². The molecule has 0 saturated heterocycles. The Labute approximate surface area is 133 Å². The lowest BCUT2D eigenvalue weighted by Gasteiger charge is -2.07. The molecule has 0 saturated carbocycles. The van der Waals surface area contributed by atoms with Crippen molar-refractivity contribution in [2.75, 3.05) is 10.7 Å².